The highest BCUT2D eigenvalue weighted by atomic mass is 19.1. The van der Waals surface area contributed by atoms with Crippen molar-refractivity contribution in [2.75, 3.05) is 7.11 Å². The van der Waals surface area contributed by atoms with E-state index in [9.17, 15) is 14.0 Å². The number of H-pyrrole nitrogens is 1. The molecule has 10 heteroatoms. The Balaban J connectivity index is 1.51. The SMILES string of the molecule is COC(=O)c1cc2nc(-c3cc4ccc([C@@H](C)NC(=O)OC(C)(C)C)nc4[nH]3)n(C3CC3)c2cc1F. The number of hydrogen-bond acceptors (Lipinski definition) is 6. The molecule has 0 unspecified atom stereocenters. The maximum Gasteiger partial charge on any atom is 0.408 e. The van der Waals surface area contributed by atoms with Gasteiger partial charge in [-0.2, -0.15) is 0 Å². The number of amides is 1. The quantitative estimate of drug-likeness (QED) is 0.359. The van der Waals surface area contributed by atoms with E-state index in [-0.39, 0.29) is 17.6 Å². The van der Waals surface area contributed by atoms with Crippen LogP contribution >= 0.6 is 0 Å². The van der Waals surface area contributed by atoms with E-state index < -0.39 is 23.5 Å². The van der Waals surface area contributed by atoms with Gasteiger partial charge in [0.15, 0.2) is 5.82 Å². The first-order chi connectivity index (χ1) is 17.0. The van der Waals surface area contributed by atoms with Gasteiger partial charge in [-0.1, -0.05) is 0 Å². The summed E-state index contributed by atoms with van der Waals surface area (Å²) in [6.07, 6.45) is 1.42. The van der Waals surface area contributed by atoms with Crippen molar-refractivity contribution in [2.45, 2.75) is 58.2 Å². The van der Waals surface area contributed by atoms with Crippen molar-refractivity contribution in [3.63, 3.8) is 0 Å². The van der Waals surface area contributed by atoms with Gasteiger partial charge in [-0.3, -0.25) is 0 Å². The lowest BCUT2D eigenvalue weighted by Gasteiger charge is -2.21. The number of rotatable bonds is 5. The number of halogens is 1. The minimum atomic E-state index is -0.742. The molecule has 2 N–H and O–H groups in total. The molecule has 0 aliphatic heterocycles. The Kier molecular flexibility index (Phi) is 5.69. The van der Waals surface area contributed by atoms with Crippen LogP contribution < -0.4 is 5.32 Å². The number of benzene rings is 1. The Labute approximate surface area is 207 Å². The highest BCUT2D eigenvalue weighted by Crippen LogP contribution is 2.42. The van der Waals surface area contributed by atoms with Crippen molar-refractivity contribution < 1.29 is 23.5 Å². The lowest BCUT2D eigenvalue weighted by Crippen LogP contribution is -2.34. The van der Waals surface area contributed by atoms with E-state index in [1.54, 1.807) is 0 Å². The van der Waals surface area contributed by atoms with Crippen LogP contribution in [-0.4, -0.2) is 44.3 Å². The molecular weight excluding hydrogens is 465 g/mol. The Morgan fingerprint density at radius 2 is 1.94 bits per heavy atom. The predicted octanol–water partition coefficient (Wildman–Crippen LogP) is 5.43. The van der Waals surface area contributed by atoms with E-state index in [2.05, 4.69) is 10.3 Å². The maximum absolute atomic E-state index is 14.7. The number of fused-ring (bicyclic) bond motifs is 2. The number of aromatic amines is 1. The normalized spacial score (nSPS) is 14.7. The molecule has 1 atom stereocenters. The summed E-state index contributed by atoms with van der Waals surface area (Å²) < 4.78 is 26.8. The third-order valence-electron chi connectivity index (χ3n) is 6.01. The fourth-order valence-corrected chi connectivity index (χ4v) is 4.22. The van der Waals surface area contributed by atoms with Crippen LogP contribution in [0.3, 0.4) is 0 Å². The molecule has 5 rings (SSSR count). The number of carbonyl (C=O) groups is 2. The number of pyridine rings is 1. The maximum atomic E-state index is 14.7. The van der Waals surface area contributed by atoms with Crippen molar-refractivity contribution in [1.82, 2.24) is 24.8 Å². The van der Waals surface area contributed by atoms with Crippen LogP contribution in [0.1, 0.15) is 68.7 Å². The third kappa shape index (κ3) is 4.50. The summed E-state index contributed by atoms with van der Waals surface area (Å²) >= 11 is 0. The van der Waals surface area contributed by atoms with Gasteiger partial charge in [0.25, 0.3) is 0 Å². The van der Waals surface area contributed by atoms with E-state index in [0.717, 1.165) is 23.9 Å². The number of aromatic nitrogens is 4. The number of ether oxygens (including phenoxy) is 2. The van der Waals surface area contributed by atoms with Gasteiger partial charge in [0, 0.05) is 17.5 Å². The van der Waals surface area contributed by atoms with E-state index in [1.165, 1.54) is 19.2 Å². The molecule has 0 saturated heterocycles. The summed E-state index contributed by atoms with van der Waals surface area (Å²) in [6, 6.07) is 8.33. The molecule has 0 spiro atoms. The molecule has 188 valence electrons. The van der Waals surface area contributed by atoms with Crippen LogP contribution in [0.2, 0.25) is 0 Å². The predicted molar refractivity (Wildman–Crippen MR) is 132 cm³/mol. The standard InChI is InChI=1S/C26H28FN5O4/c1-13(28-25(34)36-26(2,3)4)18-9-6-14-10-20(30-22(14)29-18)23-31-19-11-16(24(33)35-5)17(27)12-21(19)32(23)15-7-8-15/h6,9-13,15H,7-8H2,1-5H3,(H,28,34)(H,29,30)/t13-/m1/s1. The van der Waals surface area contributed by atoms with Gasteiger partial charge in [-0.25, -0.2) is 23.9 Å². The number of esters is 1. The minimum absolute atomic E-state index is 0.147. The Morgan fingerprint density at radius 3 is 2.61 bits per heavy atom. The monoisotopic (exact) mass is 493 g/mol. The fraction of sp³-hybridized carbons (Fsp3) is 0.385. The third-order valence-corrected chi connectivity index (χ3v) is 6.01. The van der Waals surface area contributed by atoms with E-state index >= 15 is 0 Å². The van der Waals surface area contributed by atoms with Gasteiger partial charge in [0.05, 0.1) is 41.1 Å². The summed E-state index contributed by atoms with van der Waals surface area (Å²) in [5, 5.41) is 3.67. The molecule has 4 aromatic rings. The van der Waals surface area contributed by atoms with Crippen molar-refractivity contribution in [3.05, 3.63) is 47.4 Å². The molecule has 1 aromatic carbocycles. The lowest BCUT2D eigenvalue weighted by atomic mass is 10.2. The average molecular weight is 494 g/mol. The van der Waals surface area contributed by atoms with Gasteiger partial charge in [0.1, 0.15) is 17.1 Å². The summed E-state index contributed by atoms with van der Waals surface area (Å²) in [7, 11) is 1.22. The number of nitrogens with zero attached hydrogens (tertiary/aromatic N) is 3. The van der Waals surface area contributed by atoms with Crippen LogP contribution in [0.4, 0.5) is 9.18 Å². The molecule has 3 heterocycles. The minimum Gasteiger partial charge on any atom is -0.465 e. The smallest absolute Gasteiger partial charge is 0.408 e. The number of alkyl carbamates (subject to hydrolysis) is 1. The van der Waals surface area contributed by atoms with Crippen molar-refractivity contribution in [1.29, 1.82) is 0 Å². The van der Waals surface area contributed by atoms with Crippen LogP contribution in [0.25, 0.3) is 33.6 Å². The zero-order valence-electron chi connectivity index (χ0n) is 20.8. The summed E-state index contributed by atoms with van der Waals surface area (Å²) in [4.78, 5) is 36.9. The highest BCUT2D eigenvalue weighted by Gasteiger charge is 2.30. The first kappa shape index (κ1) is 23.8. The molecule has 1 amide bonds. The van der Waals surface area contributed by atoms with Crippen LogP contribution in [0.5, 0.6) is 0 Å². The highest BCUT2D eigenvalue weighted by molar-refractivity contribution is 5.95. The zero-order chi connectivity index (χ0) is 25.8. The Hall–Kier alpha value is -3.95. The van der Waals surface area contributed by atoms with Gasteiger partial charge in [-0.15, -0.1) is 0 Å². The number of imidazole rings is 1. The molecular formula is C26H28FN5O4. The van der Waals surface area contributed by atoms with Crippen LogP contribution in [-0.2, 0) is 9.47 Å². The zero-order valence-corrected chi connectivity index (χ0v) is 20.8. The molecule has 36 heavy (non-hydrogen) atoms. The summed E-state index contributed by atoms with van der Waals surface area (Å²) in [5.74, 6) is -0.737. The second kappa shape index (κ2) is 8.61. The summed E-state index contributed by atoms with van der Waals surface area (Å²) in [5.41, 5.74) is 2.43. The number of methoxy groups -OCH3 is 1. The lowest BCUT2D eigenvalue weighted by molar-refractivity contribution is 0.0505. The molecule has 0 bridgehead atoms. The van der Waals surface area contributed by atoms with Gasteiger partial charge in [0.2, 0.25) is 0 Å². The fourth-order valence-electron chi connectivity index (χ4n) is 4.22. The van der Waals surface area contributed by atoms with Crippen molar-refractivity contribution >= 4 is 34.1 Å². The Morgan fingerprint density at radius 1 is 1.19 bits per heavy atom. The van der Waals surface area contributed by atoms with Gasteiger partial charge < -0.3 is 24.3 Å². The van der Waals surface area contributed by atoms with Crippen LogP contribution in [0.15, 0.2) is 30.3 Å². The van der Waals surface area contributed by atoms with E-state index in [1.807, 2.05) is 50.5 Å². The van der Waals surface area contributed by atoms with Crippen LogP contribution in [0, 0.1) is 5.82 Å². The summed E-state index contributed by atoms with van der Waals surface area (Å²) in [6.45, 7) is 7.26. The molecule has 1 saturated carbocycles. The molecule has 1 aliphatic rings. The Bertz CT molecular complexity index is 1500. The molecule has 1 fully saturated rings. The topological polar surface area (TPSA) is 111 Å². The first-order valence-corrected chi connectivity index (χ1v) is 11.8. The number of hydrogen-bond donors (Lipinski definition) is 2. The second-order valence-electron chi connectivity index (χ2n) is 10.1. The molecule has 1 aliphatic carbocycles. The average Bonchev–Trinajstić information content (AvgIpc) is 3.44. The first-order valence-electron chi connectivity index (χ1n) is 11.8. The number of nitrogens with one attached hydrogen (secondary N) is 2. The van der Waals surface area contributed by atoms with Gasteiger partial charge in [-0.05, 0) is 64.8 Å². The van der Waals surface area contributed by atoms with Crippen molar-refractivity contribution in [3.8, 4) is 11.5 Å². The molecule has 3 aromatic heterocycles. The number of carbonyl (C=O) groups excluding carboxylic acids is 2. The van der Waals surface area contributed by atoms with E-state index in [0.29, 0.717) is 28.2 Å². The van der Waals surface area contributed by atoms with Gasteiger partial charge >= 0.3 is 12.1 Å². The largest absolute Gasteiger partial charge is 0.465 e. The second-order valence-corrected chi connectivity index (χ2v) is 10.1. The van der Waals surface area contributed by atoms with Crippen molar-refractivity contribution in [2.24, 2.45) is 0 Å². The van der Waals surface area contributed by atoms with E-state index in [4.69, 9.17) is 19.4 Å². The molecule has 9 nitrogen and oxygen atoms in total. The molecule has 0 radical (unpaired) electrons.